The summed E-state index contributed by atoms with van der Waals surface area (Å²) in [6.45, 7) is 6.49. The smallest absolute Gasteiger partial charge is 0.107 e. The van der Waals surface area contributed by atoms with Gasteiger partial charge in [0.2, 0.25) is 0 Å². The van der Waals surface area contributed by atoms with E-state index < -0.39 is 0 Å². The molecule has 0 bridgehead atoms. The van der Waals surface area contributed by atoms with Crippen LogP contribution in [0.2, 0.25) is 0 Å². The lowest BCUT2D eigenvalue weighted by molar-refractivity contribution is 0.495. The number of hydrogen-bond acceptors (Lipinski definition) is 1. The van der Waals surface area contributed by atoms with Crippen molar-refractivity contribution in [3.05, 3.63) is 0 Å². The highest BCUT2D eigenvalue weighted by molar-refractivity contribution is 4.94. The van der Waals surface area contributed by atoms with Crippen molar-refractivity contribution in [2.24, 2.45) is 11.8 Å². The van der Waals surface area contributed by atoms with E-state index in [1.165, 1.54) is 12.8 Å². The van der Waals surface area contributed by atoms with Crippen LogP contribution in [-0.2, 0) is 0 Å². The minimum Gasteiger partial charge on any atom is -0.462 e. The van der Waals surface area contributed by atoms with Gasteiger partial charge in [-0.1, -0.05) is 39.5 Å². The summed E-state index contributed by atoms with van der Waals surface area (Å²) in [5, 5.41) is 8.28. The van der Waals surface area contributed by atoms with E-state index in [0.29, 0.717) is 5.92 Å². The zero-order valence-electron chi connectivity index (χ0n) is 7.72. The first kappa shape index (κ1) is 10.4. The first-order valence-corrected chi connectivity index (χ1v) is 4.31. The van der Waals surface area contributed by atoms with Gasteiger partial charge in [-0.15, -0.1) is 0 Å². The van der Waals surface area contributed by atoms with Crippen LogP contribution in [0.3, 0.4) is 0 Å². The van der Waals surface area contributed by atoms with E-state index in [4.69, 9.17) is 5.11 Å². The topological polar surface area (TPSA) is 20.2 Å². The van der Waals surface area contributed by atoms with E-state index in [-0.39, 0.29) is 0 Å². The summed E-state index contributed by atoms with van der Waals surface area (Å²) in [6.07, 6.45) is 5.54. The van der Waals surface area contributed by atoms with Crippen molar-refractivity contribution in [3.63, 3.8) is 0 Å². The van der Waals surface area contributed by atoms with Gasteiger partial charge in [0.05, 0.1) is 0 Å². The normalized spacial score (nSPS) is 12.4. The zero-order valence-corrected chi connectivity index (χ0v) is 7.72. The fourth-order valence-corrected chi connectivity index (χ4v) is 1.01. The van der Waals surface area contributed by atoms with Crippen LogP contribution in [0.1, 0.15) is 40.0 Å². The lowest BCUT2D eigenvalue weighted by Gasteiger charge is -2.05. The van der Waals surface area contributed by atoms with Gasteiger partial charge in [-0.2, -0.15) is 0 Å². The molecule has 0 radical (unpaired) electrons. The number of rotatable bonds is 4. The molecule has 1 nitrogen and oxygen atoms in total. The quantitative estimate of drug-likeness (QED) is 0.617. The largest absolute Gasteiger partial charge is 0.462 e. The van der Waals surface area contributed by atoms with E-state index in [9.17, 15) is 0 Å². The minimum atomic E-state index is 0.346. The Bertz CT molecular complexity index is 139. The molecule has 1 heteroatoms. The highest BCUT2D eigenvalue weighted by atomic mass is 16.2. The van der Waals surface area contributed by atoms with E-state index in [0.717, 1.165) is 12.3 Å². The molecule has 0 heterocycles. The standard InChI is InChI=1S/C10H18O/c1-9(2)5-4-6-10(3)7-8-11/h9-11H,4-6H2,1-3H3. The van der Waals surface area contributed by atoms with Crippen molar-refractivity contribution in [1.82, 2.24) is 0 Å². The summed E-state index contributed by atoms with van der Waals surface area (Å²) in [5.74, 6) is 3.85. The van der Waals surface area contributed by atoms with Crippen molar-refractivity contribution in [3.8, 4) is 12.0 Å². The van der Waals surface area contributed by atoms with Gasteiger partial charge in [0, 0.05) is 5.92 Å². The number of aliphatic hydroxyl groups excluding tert-OH is 1. The molecule has 0 aromatic heterocycles. The molecule has 1 atom stereocenters. The Hall–Kier alpha value is -0.640. The molecule has 0 aromatic rings. The third-order valence-corrected chi connectivity index (χ3v) is 1.73. The monoisotopic (exact) mass is 154 g/mol. The summed E-state index contributed by atoms with van der Waals surface area (Å²) >= 11 is 0. The van der Waals surface area contributed by atoms with Crippen LogP contribution in [0.4, 0.5) is 0 Å². The fraction of sp³-hybridized carbons (Fsp3) is 0.800. The van der Waals surface area contributed by atoms with Crippen molar-refractivity contribution in [2.75, 3.05) is 0 Å². The number of hydrogen-bond donors (Lipinski definition) is 1. The van der Waals surface area contributed by atoms with Gasteiger partial charge in [0.25, 0.3) is 0 Å². The Labute approximate surface area is 69.8 Å². The molecule has 0 aliphatic carbocycles. The predicted molar refractivity (Wildman–Crippen MR) is 47.6 cm³/mol. The average molecular weight is 154 g/mol. The highest BCUT2D eigenvalue weighted by Gasteiger charge is 1.98. The molecule has 0 saturated heterocycles. The van der Waals surface area contributed by atoms with E-state index in [1.807, 2.05) is 13.0 Å². The van der Waals surface area contributed by atoms with Gasteiger partial charge in [-0.25, -0.2) is 0 Å². The van der Waals surface area contributed by atoms with Crippen molar-refractivity contribution >= 4 is 0 Å². The van der Waals surface area contributed by atoms with Crippen LogP contribution in [0.25, 0.3) is 0 Å². The molecule has 1 N–H and O–H groups in total. The van der Waals surface area contributed by atoms with Gasteiger partial charge in [-0.05, 0) is 12.3 Å². The van der Waals surface area contributed by atoms with Crippen molar-refractivity contribution in [2.45, 2.75) is 40.0 Å². The Morgan fingerprint density at radius 1 is 1.18 bits per heavy atom. The van der Waals surface area contributed by atoms with Crippen LogP contribution in [0.15, 0.2) is 0 Å². The molecule has 1 unspecified atom stereocenters. The predicted octanol–water partition coefficient (Wildman–Crippen LogP) is 2.78. The molecule has 0 fully saturated rings. The zero-order chi connectivity index (χ0) is 8.69. The van der Waals surface area contributed by atoms with Crippen LogP contribution < -0.4 is 0 Å². The molecule has 0 aromatic carbocycles. The Balaban J connectivity index is 3.29. The van der Waals surface area contributed by atoms with Crippen molar-refractivity contribution < 1.29 is 5.11 Å². The first-order valence-electron chi connectivity index (χ1n) is 4.31. The molecule has 0 spiro atoms. The summed E-state index contributed by atoms with van der Waals surface area (Å²) in [4.78, 5) is 0. The first-order chi connectivity index (χ1) is 5.16. The maximum Gasteiger partial charge on any atom is 0.107 e. The maximum atomic E-state index is 8.28. The second-order valence-corrected chi connectivity index (χ2v) is 3.48. The van der Waals surface area contributed by atoms with E-state index in [1.54, 1.807) is 0 Å². The summed E-state index contributed by atoms with van der Waals surface area (Å²) < 4.78 is 0. The Kier molecular flexibility index (Phi) is 5.74. The fourth-order valence-electron chi connectivity index (χ4n) is 1.01. The average Bonchev–Trinajstić information content (AvgIpc) is 1.87. The molecule has 0 saturated carbocycles. The molecular weight excluding hydrogens is 136 g/mol. The van der Waals surface area contributed by atoms with Gasteiger partial charge in [0.1, 0.15) is 6.11 Å². The summed E-state index contributed by atoms with van der Waals surface area (Å²) in [6, 6.07) is 0. The van der Waals surface area contributed by atoms with Gasteiger partial charge in [0.15, 0.2) is 0 Å². The number of aliphatic hydroxyl groups is 1. The molecular formula is C10H18O. The third-order valence-electron chi connectivity index (χ3n) is 1.73. The molecule has 0 rings (SSSR count). The van der Waals surface area contributed by atoms with E-state index >= 15 is 0 Å². The minimum absolute atomic E-state index is 0.346. The maximum absolute atomic E-state index is 8.28. The summed E-state index contributed by atoms with van der Waals surface area (Å²) in [5.41, 5.74) is 0. The van der Waals surface area contributed by atoms with Crippen LogP contribution in [-0.4, -0.2) is 5.11 Å². The third kappa shape index (κ3) is 7.25. The second-order valence-electron chi connectivity index (χ2n) is 3.48. The molecule has 64 valence electrons. The Morgan fingerprint density at radius 2 is 1.82 bits per heavy atom. The van der Waals surface area contributed by atoms with Crippen LogP contribution in [0.5, 0.6) is 0 Å². The van der Waals surface area contributed by atoms with Crippen molar-refractivity contribution in [1.29, 1.82) is 0 Å². The molecule has 0 aliphatic heterocycles. The van der Waals surface area contributed by atoms with Gasteiger partial charge >= 0.3 is 0 Å². The second kappa shape index (κ2) is 6.09. The molecule has 0 amide bonds. The van der Waals surface area contributed by atoms with Crippen LogP contribution in [0, 0.1) is 23.9 Å². The highest BCUT2D eigenvalue weighted by Crippen LogP contribution is 2.11. The molecule has 11 heavy (non-hydrogen) atoms. The lowest BCUT2D eigenvalue weighted by atomic mass is 10.0. The van der Waals surface area contributed by atoms with Gasteiger partial charge in [-0.3, -0.25) is 0 Å². The van der Waals surface area contributed by atoms with Crippen LogP contribution >= 0.6 is 0 Å². The lowest BCUT2D eigenvalue weighted by Crippen LogP contribution is -1.93. The SMILES string of the molecule is CC(C)CCCC(C)C#CO. The molecule has 0 aliphatic rings. The van der Waals surface area contributed by atoms with Gasteiger partial charge < -0.3 is 5.11 Å². The Morgan fingerprint density at radius 3 is 2.27 bits per heavy atom. The summed E-state index contributed by atoms with van der Waals surface area (Å²) in [7, 11) is 0. The van der Waals surface area contributed by atoms with E-state index in [2.05, 4.69) is 19.8 Å².